The molecule has 0 saturated carbocycles. The molecule has 4 aliphatic rings. The van der Waals surface area contributed by atoms with E-state index in [0.29, 0.717) is 30.9 Å². The van der Waals surface area contributed by atoms with E-state index in [0.717, 1.165) is 57.7 Å². The Balaban J connectivity index is 0.00000122. The molecule has 2 atom stereocenters. The summed E-state index contributed by atoms with van der Waals surface area (Å²) < 4.78 is 60.7. The number of rotatable bonds is 6. The standard InChI is InChI=1S/C35H34F3N5O3.CH2O2/c1-3-23-25(36)9-6-19-14-22(44)15-24(26(19)23)27-29(37)31-28(32(45-2)30(27)38)33(42-16-20-7-8-21(17-42)39-20)41-34(40-31)46-18-35-10-4-12-43(35)13-5-11-35;2-1-3/h1,6,9,14-15,20-21,39,44H,4-5,7-8,10-13,16-18H2,2H3;1H,(H,2,3). The minimum Gasteiger partial charge on any atom is -0.508 e. The van der Waals surface area contributed by atoms with Crippen molar-refractivity contribution >= 4 is 34.0 Å². The molecule has 0 spiro atoms. The first-order chi connectivity index (χ1) is 23.7. The number of carboxylic acid groups (broad SMARTS) is 1. The largest absolute Gasteiger partial charge is 0.508 e. The lowest BCUT2D eigenvalue weighted by Crippen LogP contribution is -2.51. The first kappa shape index (κ1) is 32.7. The fraction of sp³-hybridized carbons (Fsp3) is 0.417. The molecule has 4 aliphatic heterocycles. The van der Waals surface area contributed by atoms with E-state index in [1.54, 1.807) is 0 Å². The molecular weight excluding hydrogens is 639 g/mol. The van der Waals surface area contributed by atoms with E-state index >= 15 is 8.78 Å². The van der Waals surface area contributed by atoms with Crippen LogP contribution < -0.4 is 19.7 Å². The summed E-state index contributed by atoms with van der Waals surface area (Å²) in [5.41, 5.74) is -1.13. The lowest BCUT2D eigenvalue weighted by molar-refractivity contribution is -0.122. The molecule has 8 rings (SSSR count). The van der Waals surface area contributed by atoms with Crippen LogP contribution in [0.3, 0.4) is 0 Å². The number of anilines is 1. The Morgan fingerprint density at radius 1 is 1.08 bits per heavy atom. The van der Waals surface area contributed by atoms with Crippen molar-refractivity contribution in [1.29, 1.82) is 0 Å². The Morgan fingerprint density at radius 3 is 2.43 bits per heavy atom. The second-order valence-corrected chi connectivity index (χ2v) is 13.1. The number of benzene rings is 3. The summed E-state index contributed by atoms with van der Waals surface area (Å²) in [6.45, 7) is 3.33. The molecular formula is C36H36F3N5O5. The molecule has 49 heavy (non-hydrogen) atoms. The number of hydrogen-bond donors (Lipinski definition) is 3. The van der Waals surface area contributed by atoms with Gasteiger partial charge in [-0.3, -0.25) is 9.69 Å². The van der Waals surface area contributed by atoms with Crippen molar-refractivity contribution in [3.63, 3.8) is 0 Å². The zero-order valence-electron chi connectivity index (χ0n) is 26.9. The zero-order chi connectivity index (χ0) is 34.4. The topological polar surface area (TPSA) is 120 Å². The molecule has 4 saturated heterocycles. The van der Waals surface area contributed by atoms with E-state index in [-0.39, 0.29) is 69.0 Å². The number of aromatic hydroxyl groups is 1. The van der Waals surface area contributed by atoms with Crippen molar-refractivity contribution in [3.05, 3.63) is 47.3 Å². The maximum atomic E-state index is 17.1. The van der Waals surface area contributed by atoms with E-state index in [1.165, 1.54) is 25.3 Å². The fourth-order valence-electron chi connectivity index (χ4n) is 8.35. The van der Waals surface area contributed by atoms with Crippen molar-refractivity contribution in [3.8, 4) is 41.0 Å². The van der Waals surface area contributed by atoms with Gasteiger partial charge >= 0.3 is 6.01 Å². The van der Waals surface area contributed by atoms with Crippen LogP contribution in [0.5, 0.6) is 17.5 Å². The number of halogens is 3. The Kier molecular flexibility index (Phi) is 8.62. The van der Waals surface area contributed by atoms with Crippen molar-refractivity contribution in [2.24, 2.45) is 0 Å². The number of nitrogens with zero attached hydrogens (tertiary/aromatic N) is 4. The minimum absolute atomic E-state index is 0.00357. The van der Waals surface area contributed by atoms with Gasteiger partial charge in [-0.2, -0.15) is 9.97 Å². The molecule has 2 bridgehead atoms. The molecule has 5 heterocycles. The average Bonchev–Trinajstić information content (AvgIpc) is 3.78. The molecule has 0 amide bonds. The summed E-state index contributed by atoms with van der Waals surface area (Å²) in [4.78, 5) is 22.2. The van der Waals surface area contributed by atoms with Gasteiger partial charge in [0, 0.05) is 36.1 Å². The fourth-order valence-corrected chi connectivity index (χ4v) is 8.35. The number of piperazine rings is 1. The Labute approximate surface area is 280 Å². The van der Waals surface area contributed by atoms with Gasteiger partial charge in [0.25, 0.3) is 6.47 Å². The Morgan fingerprint density at radius 2 is 1.78 bits per heavy atom. The molecule has 4 fully saturated rings. The molecule has 13 heteroatoms. The van der Waals surface area contributed by atoms with Crippen LogP contribution in [-0.4, -0.2) is 89.1 Å². The van der Waals surface area contributed by atoms with Gasteiger partial charge in [-0.05, 0) is 75.2 Å². The highest BCUT2D eigenvalue weighted by Gasteiger charge is 2.45. The van der Waals surface area contributed by atoms with Gasteiger partial charge in [0.15, 0.2) is 17.4 Å². The summed E-state index contributed by atoms with van der Waals surface area (Å²) in [6.07, 6.45) is 11.9. The van der Waals surface area contributed by atoms with E-state index in [4.69, 9.17) is 30.8 Å². The molecule has 4 aromatic rings. The lowest BCUT2D eigenvalue weighted by Gasteiger charge is -2.35. The predicted octanol–water partition coefficient (Wildman–Crippen LogP) is 5.21. The van der Waals surface area contributed by atoms with E-state index in [1.807, 2.05) is 4.90 Å². The number of fused-ring (bicyclic) bond motifs is 5. The number of phenolic OH excluding ortho intramolecular Hbond substituents is 1. The van der Waals surface area contributed by atoms with Gasteiger partial charge < -0.3 is 29.9 Å². The number of nitrogens with one attached hydrogen (secondary N) is 1. The number of hydrogen-bond acceptors (Lipinski definition) is 9. The smallest absolute Gasteiger partial charge is 0.319 e. The van der Waals surface area contributed by atoms with Crippen LogP contribution in [0.4, 0.5) is 19.0 Å². The molecule has 3 aromatic carbocycles. The molecule has 2 unspecified atom stereocenters. The third kappa shape index (κ3) is 5.53. The van der Waals surface area contributed by atoms with Gasteiger partial charge in [0.2, 0.25) is 0 Å². The molecule has 1 aromatic heterocycles. The van der Waals surface area contributed by atoms with Crippen molar-refractivity contribution in [2.75, 3.05) is 44.8 Å². The summed E-state index contributed by atoms with van der Waals surface area (Å²) in [5, 5.41) is 21.6. The van der Waals surface area contributed by atoms with Crippen LogP contribution in [0.25, 0.3) is 32.8 Å². The SMILES string of the molecule is C#Cc1c(F)ccc2cc(O)cc(-c3c(F)c(OC)c4c(N5CC6CCC(C5)N6)nc(OCC56CCCN5CCC6)nc4c3F)c12.O=CO. The number of methoxy groups -OCH3 is 1. The number of phenols is 1. The lowest BCUT2D eigenvalue weighted by atomic mass is 9.92. The second kappa shape index (κ2) is 12.9. The molecule has 0 aliphatic carbocycles. The van der Waals surface area contributed by atoms with Gasteiger partial charge in [-0.1, -0.05) is 12.0 Å². The highest BCUT2D eigenvalue weighted by atomic mass is 19.1. The highest BCUT2D eigenvalue weighted by Crippen LogP contribution is 2.47. The van der Waals surface area contributed by atoms with Crippen LogP contribution in [0.15, 0.2) is 24.3 Å². The number of carbonyl (C=O) groups is 1. The Hall–Kier alpha value is -4.80. The Bertz CT molecular complexity index is 1980. The zero-order valence-corrected chi connectivity index (χ0v) is 26.9. The van der Waals surface area contributed by atoms with Crippen molar-refractivity contribution in [1.82, 2.24) is 20.2 Å². The normalized spacial score (nSPS) is 20.9. The minimum atomic E-state index is -1.03. The van der Waals surface area contributed by atoms with Crippen LogP contribution in [0, 0.1) is 29.8 Å². The molecule has 3 N–H and O–H groups in total. The van der Waals surface area contributed by atoms with Crippen molar-refractivity contribution in [2.45, 2.75) is 56.1 Å². The molecule has 10 nitrogen and oxygen atoms in total. The summed E-state index contributed by atoms with van der Waals surface area (Å²) >= 11 is 0. The average molecular weight is 676 g/mol. The molecule has 0 radical (unpaired) electrons. The second-order valence-electron chi connectivity index (χ2n) is 13.1. The quantitative estimate of drug-likeness (QED) is 0.186. The van der Waals surface area contributed by atoms with Crippen molar-refractivity contribution < 1.29 is 37.7 Å². The first-order valence-corrected chi connectivity index (χ1v) is 16.4. The van der Waals surface area contributed by atoms with E-state index < -0.39 is 23.0 Å². The summed E-state index contributed by atoms with van der Waals surface area (Å²) in [5.74, 6) is -0.648. The third-order valence-corrected chi connectivity index (χ3v) is 10.4. The summed E-state index contributed by atoms with van der Waals surface area (Å²) in [6, 6.07) is 5.54. The van der Waals surface area contributed by atoms with Gasteiger partial charge in [-0.15, -0.1) is 6.42 Å². The van der Waals surface area contributed by atoms with Gasteiger partial charge in [-0.25, -0.2) is 13.2 Å². The van der Waals surface area contributed by atoms with Gasteiger partial charge in [0.1, 0.15) is 29.5 Å². The monoisotopic (exact) mass is 675 g/mol. The maximum Gasteiger partial charge on any atom is 0.319 e. The van der Waals surface area contributed by atoms with Crippen LogP contribution >= 0.6 is 0 Å². The first-order valence-electron chi connectivity index (χ1n) is 16.4. The van der Waals surface area contributed by atoms with Crippen LogP contribution in [-0.2, 0) is 4.79 Å². The number of aromatic nitrogens is 2. The number of terminal acetylenes is 1. The van der Waals surface area contributed by atoms with E-state index in [2.05, 4.69) is 21.1 Å². The highest BCUT2D eigenvalue weighted by molar-refractivity contribution is 6.06. The predicted molar refractivity (Wildman–Crippen MR) is 178 cm³/mol. The molecule has 256 valence electrons. The van der Waals surface area contributed by atoms with Crippen LogP contribution in [0.2, 0.25) is 0 Å². The van der Waals surface area contributed by atoms with Gasteiger partial charge in [0.05, 0.1) is 29.2 Å². The third-order valence-electron chi connectivity index (χ3n) is 10.4. The maximum absolute atomic E-state index is 17.1. The van der Waals surface area contributed by atoms with E-state index in [9.17, 15) is 9.50 Å². The summed E-state index contributed by atoms with van der Waals surface area (Å²) in [7, 11) is 1.30. The van der Waals surface area contributed by atoms with Crippen LogP contribution in [0.1, 0.15) is 44.1 Å². The number of ether oxygens (including phenoxy) is 2.